The molecule has 2 aromatic heterocycles. The van der Waals surface area contributed by atoms with Crippen molar-refractivity contribution in [1.82, 2.24) is 19.2 Å². The van der Waals surface area contributed by atoms with Crippen LogP contribution in [0.1, 0.15) is 28.5 Å². The number of imidazole rings is 1. The number of aryl methyl sites for hydroxylation is 1. The fraction of sp³-hybridized carbons (Fsp3) is 0.417. The summed E-state index contributed by atoms with van der Waals surface area (Å²) in [4.78, 5) is 23.8. The van der Waals surface area contributed by atoms with Crippen molar-refractivity contribution in [1.29, 1.82) is 0 Å². The number of methoxy groups -OCH3 is 1. The lowest BCUT2D eigenvalue weighted by atomic mass is 10.2. The average Bonchev–Trinajstić information content (AvgIpc) is 3.15. The van der Waals surface area contributed by atoms with Gasteiger partial charge < -0.3 is 19.4 Å². The number of aromatic nitrogens is 2. The van der Waals surface area contributed by atoms with Crippen molar-refractivity contribution in [2.75, 3.05) is 53.3 Å². The van der Waals surface area contributed by atoms with Crippen LogP contribution in [0.3, 0.4) is 0 Å². The highest BCUT2D eigenvalue weighted by Gasteiger charge is 2.18. The maximum Gasteiger partial charge on any atom is 0.255 e. The number of carbonyl (C=O) groups excluding carboxylic acids is 1. The number of pyridine rings is 1. The van der Waals surface area contributed by atoms with E-state index in [4.69, 9.17) is 9.72 Å². The fourth-order valence-electron chi connectivity index (χ4n) is 3.60. The van der Waals surface area contributed by atoms with Gasteiger partial charge in [-0.25, -0.2) is 4.98 Å². The van der Waals surface area contributed by atoms with Gasteiger partial charge in [0.05, 0.1) is 18.4 Å². The molecule has 0 saturated heterocycles. The molecule has 7 nitrogen and oxygen atoms in total. The molecule has 2 heterocycles. The Morgan fingerprint density at radius 3 is 2.35 bits per heavy atom. The summed E-state index contributed by atoms with van der Waals surface area (Å²) in [6.45, 7) is 4.34. The third-order valence-corrected chi connectivity index (χ3v) is 5.41. The Bertz CT molecular complexity index is 1030. The summed E-state index contributed by atoms with van der Waals surface area (Å²) >= 11 is 0. The Morgan fingerprint density at radius 1 is 1.03 bits per heavy atom. The first kappa shape index (κ1) is 22.6. The van der Waals surface area contributed by atoms with Crippen LogP contribution in [0, 0.1) is 0 Å². The molecular formula is C24H33N5O2. The lowest BCUT2D eigenvalue weighted by Gasteiger charge is -2.22. The van der Waals surface area contributed by atoms with E-state index < -0.39 is 0 Å². The summed E-state index contributed by atoms with van der Waals surface area (Å²) in [6.07, 6.45) is 2.73. The minimum Gasteiger partial charge on any atom is -0.497 e. The molecule has 0 N–H and O–H groups in total. The summed E-state index contributed by atoms with van der Waals surface area (Å²) in [5.74, 6) is 1.87. The molecule has 0 spiro atoms. The largest absolute Gasteiger partial charge is 0.497 e. The molecule has 3 aromatic rings. The number of amides is 1. The van der Waals surface area contributed by atoms with E-state index in [2.05, 4.69) is 35.9 Å². The summed E-state index contributed by atoms with van der Waals surface area (Å²) in [5.41, 5.74) is 3.70. The van der Waals surface area contributed by atoms with Gasteiger partial charge in [0.15, 0.2) is 0 Å². The lowest BCUT2D eigenvalue weighted by molar-refractivity contribution is 0.0786. The number of hydrogen-bond acceptors (Lipinski definition) is 5. The van der Waals surface area contributed by atoms with Gasteiger partial charge in [-0.3, -0.25) is 9.20 Å². The SMILES string of the molecule is CCc1nc2ccc(C(=O)N(C)CCN(C)C)cn2c1N(C)Cc1ccc(OC)cc1. The number of rotatable bonds is 9. The van der Waals surface area contributed by atoms with Crippen LogP contribution in [0.25, 0.3) is 5.65 Å². The van der Waals surface area contributed by atoms with E-state index in [-0.39, 0.29) is 5.91 Å². The molecule has 0 aliphatic carbocycles. The topological polar surface area (TPSA) is 53.3 Å². The normalized spacial score (nSPS) is 11.2. The average molecular weight is 424 g/mol. The summed E-state index contributed by atoms with van der Waals surface area (Å²) in [6, 6.07) is 11.9. The molecule has 0 radical (unpaired) electrons. The second-order valence-electron chi connectivity index (χ2n) is 8.12. The zero-order valence-corrected chi connectivity index (χ0v) is 19.4. The standard InChI is InChI=1S/C24H33N5O2/c1-7-21-23(28(5)16-18-8-11-20(31-6)12-9-18)29-17-19(10-13-22(29)25-21)24(30)27(4)15-14-26(2)3/h8-13,17H,7,14-16H2,1-6H3. The Balaban J connectivity index is 1.90. The molecule has 0 aliphatic heterocycles. The molecule has 0 bridgehead atoms. The second kappa shape index (κ2) is 9.83. The van der Waals surface area contributed by atoms with Crippen molar-refractivity contribution in [2.45, 2.75) is 19.9 Å². The number of nitrogens with zero attached hydrogens (tertiary/aromatic N) is 5. The van der Waals surface area contributed by atoms with E-state index in [1.165, 1.54) is 5.56 Å². The lowest BCUT2D eigenvalue weighted by Crippen LogP contribution is -2.33. The minimum atomic E-state index is 0.0132. The van der Waals surface area contributed by atoms with Crippen molar-refractivity contribution < 1.29 is 9.53 Å². The van der Waals surface area contributed by atoms with E-state index in [0.29, 0.717) is 12.1 Å². The Morgan fingerprint density at radius 2 is 1.74 bits per heavy atom. The van der Waals surface area contributed by atoms with Gasteiger partial charge in [-0.1, -0.05) is 19.1 Å². The number of likely N-dealkylation sites (N-methyl/N-ethyl adjacent to an activating group) is 2. The van der Waals surface area contributed by atoms with Gasteiger partial charge >= 0.3 is 0 Å². The Kier molecular flexibility index (Phi) is 7.17. The van der Waals surface area contributed by atoms with Crippen molar-refractivity contribution >= 4 is 17.4 Å². The van der Waals surface area contributed by atoms with Crippen molar-refractivity contribution in [2.24, 2.45) is 0 Å². The second-order valence-corrected chi connectivity index (χ2v) is 8.12. The first-order valence-corrected chi connectivity index (χ1v) is 10.6. The molecule has 166 valence electrons. The third-order valence-electron chi connectivity index (χ3n) is 5.41. The van der Waals surface area contributed by atoms with Crippen LogP contribution < -0.4 is 9.64 Å². The third kappa shape index (κ3) is 5.17. The maximum atomic E-state index is 13.0. The predicted molar refractivity (Wildman–Crippen MR) is 125 cm³/mol. The van der Waals surface area contributed by atoms with Gasteiger partial charge in [0.25, 0.3) is 5.91 Å². The number of benzene rings is 1. The molecule has 7 heteroatoms. The Labute approximate surface area is 184 Å². The maximum absolute atomic E-state index is 13.0. The first-order chi connectivity index (χ1) is 14.8. The molecular weight excluding hydrogens is 390 g/mol. The fourth-order valence-corrected chi connectivity index (χ4v) is 3.60. The molecule has 3 rings (SSSR count). The number of carbonyl (C=O) groups is 1. The van der Waals surface area contributed by atoms with Crippen LogP contribution in [0.5, 0.6) is 5.75 Å². The molecule has 0 unspecified atom stereocenters. The highest BCUT2D eigenvalue weighted by Crippen LogP contribution is 2.25. The van der Waals surface area contributed by atoms with Gasteiger partial charge in [0.2, 0.25) is 0 Å². The monoisotopic (exact) mass is 423 g/mol. The van der Waals surface area contributed by atoms with E-state index in [9.17, 15) is 4.79 Å². The molecule has 0 aliphatic rings. The van der Waals surface area contributed by atoms with E-state index in [1.54, 1.807) is 12.0 Å². The van der Waals surface area contributed by atoms with Crippen LogP contribution in [0.15, 0.2) is 42.6 Å². The molecule has 0 saturated carbocycles. The van der Waals surface area contributed by atoms with Crippen LogP contribution >= 0.6 is 0 Å². The minimum absolute atomic E-state index is 0.0132. The smallest absolute Gasteiger partial charge is 0.255 e. The van der Waals surface area contributed by atoms with Crippen LogP contribution in [0.2, 0.25) is 0 Å². The first-order valence-electron chi connectivity index (χ1n) is 10.6. The molecule has 1 aromatic carbocycles. The number of ether oxygens (including phenoxy) is 1. The predicted octanol–water partition coefficient (Wildman–Crippen LogP) is 3.18. The number of anilines is 1. The molecule has 0 atom stereocenters. The Hall–Kier alpha value is -3.06. The van der Waals surface area contributed by atoms with E-state index in [0.717, 1.165) is 42.4 Å². The van der Waals surface area contributed by atoms with Gasteiger partial charge in [-0.15, -0.1) is 0 Å². The highest BCUT2D eigenvalue weighted by molar-refractivity contribution is 5.94. The summed E-state index contributed by atoms with van der Waals surface area (Å²) in [7, 11) is 9.59. The van der Waals surface area contributed by atoms with Crippen LogP contribution in [-0.2, 0) is 13.0 Å². The highest BCUT2D eigenvalue weighted by atomic mass is 16.5. The number of hydrogen-bond donors (Lipinski definition) is 0. The van der Waals surface area contributed by atoms with Gasteiger partial charge in [-0.2, -0.15) is 0 Å². The van der Waals surface area contributed by atoms with Crippen molar-refractivity contribution in [3.05, 3.63) is 59.4 Å². The van der Waals surface area contributed by atoms with Gasteiger partial charge in [0, 0.05) is 39.9 Å². The summed E-state index contributed by atoms with van der Waals surface area (Å²) in [5, 5.41) is 0. The van der Waals surface area contributed by atoms with E-state index >= 15 is 0 Å². The molecule has 1 amide bonds. The quantitative estimate of drug-likeness (QED) is 0.529. The zero-order valence-electron chi connectivity index (χ0n) is 19.4. The molecule has 31 heavy (non-hydrogen) atoms. The number of fused-ring (bicyclic) bond motifs is 1. The van der Waals surface area contributed by atoms with Crippen molar-refractivity contribution in [3.63, 3.8) is 0 Å². The van der Waals surface area contributed by atoms with E-state index in [1.807, 2.05) is 56.0 Å². The van der Waals surface area contributed by atoms with Crippen molar-refractivity contribution in [3.8, 4) is 5.75 Å². The van der Waals surface area contributed by atoms with Gasteiger partial charge in [0.1, 0.15) is 17.2 Å². The molecule has 0 fully saturated rings. The van der Waals surface area contributed by atoms with Crippen LogP contribution in [0.4, 0.5) is 5.82 Å². The van der Waals surface area contributed by atoms with Crippen LogP contribution in [-0.4, -0.2) is 73.5 Å². The summed E-state index contributed by atoms with van der Waals surface area (Å²) < 4.78 is 7.30. The zero-order chi connectivity index (χ0) is 22.5. The van der Waals surface area contributed by atoms with Gasteiger partial charge in [-0.05, 0) is 50.3 Å².